The molecule has 0 atom stereocenters. The maximum atomic E-state index is 11.9. The first-order valence-corrected chi connectivity index (χ1v) is 7.48. The van der Waals surface area contributed by atoms with Crippen molar-refractivity contribution in [3.8, 4) is 10.7 Å². The summed E-state index contributed by atoms with van der Waals surface area (Å²) in [5.74, 6) is 0.148. The van der Waals surface area contributed by atoms with E-state index in [4.69, 9.17) is 26.6 Å². The van der Waals surface area contributed by atoms with Crippen LogP contribution in [-0.4, -0.2) is 16.1 Å². The standard InChI is InChI=1S/C14H10ClN3O3S/c15-9-4-3-8(6-10(9)16)14(19)20-7-12-17-13(18-21-12)11-2-1-5-22-11/h1-6H,7,16H2. The molecule has 0 fully saturated rings. The van der Waals surface area contributed by atoms with Gasteiger partial charge < -0.3 is 15.0 Å². The van der Waals surface area contributed by atoms with Crippen LogP contribution in [0.2, 0.25) is 5.02 Å². The number of rotatable bonds is 4. The van der Waals surface area contributed by atoms with Gasteiger partial charge in [0.15, 0.2) is 6.61 Å². The number of carbonyl (C=O) groups is 1. The van der Waals surface area contributed by atoms with E-state index in [1.54, 1.807) is 0 Å². The molecule has 6 nitrogen and oxygen atoms in total. The number of nitrogen functional groups attached to an aromatic ring is 1. The number of ether oxygens (including phenoxy) is 1. The van der Waals surface area contributed by atoms with E-state index >= 15 is 0 Å². The third-order valence-electron chi connectivity index (χ3n) is 2.77. The van der Waals surface area contributed by atoms with Gasteiger partial charge in [0, 0.05) is 0 Å². The zero-order valence-electron chi connectivity index (χ0n) is 11.2. The van der Waals surface area contributed by atoms with E-state index in [1.165, 1.54) is 29.5 Å². The Morgan fingerprint density at radius 3 is 3.00 bits per heavy atom. The Morgan fingerprint density at radius 2 is 2.27 bits per heavy atom. The maximum absolute atomic E-state index is 11.9. The Morgan fingerprint density at radius 1 is 1.41 bits per heavy atom. The van der Waals surface area contributed by atoms with Crippen LogP contribution in [0, 0.1) is 0 Å². The molecule has 2 heterocycles. The molecule has 1 aromatic carbocycles. The lowest BCUT2D eigenvalue weighted by Gasteiger charge is -2.03. The van der Waals surface area contributed by atoms with Crippen molar-refractivity contribution in [3.63, 3.8) is 0 Å². The minimum absolute atomic E-state index is 0.111. The fourth-order valence-corrected chi connectivity index (χ4v) is 2.47. The normalized spacial score (nSPS) is 10.6. The fourth-order valence-electron chi connectivity index (χ4n) is 1.70. The molecule has 0 radical (unpaired) electrons. The SMILES string of the molecule is Nc1cc(C(=O)OCc2nc(-c3cccs3)no2)ccc1Cl. The Kier molecular flexibility index (Phi) is 4.08. The molecule has 112 valence electrons. The number of thiophene rings is 1. The van der Waals surface area contributed by atoms with Gasteiger partial charge in [-0.15, -0.1) is 11.3 Å². The lowest BCUT2D eigenvalue weighted by Crippen LogP contribution is -2.06. The summed E-state index contributed by atoms with van der Waals surface area (Å²) in [6.07, 6.45) is 0. The number of hydrogen-bond donors (Lipinski definition) is 1. The third kappa shape index (κ3) is 3.10. The lowest BCUT2D eigenvalue weighted by atomic mass is 10.2. The molecule has 8 heteroatoms. The van der Waals surface area contributed by atoms with E-state index in [0.717, 1.165) is 4.88 Å². The lowest BCUT2D eigenvalue weighted by molar-refractivity contribution is 0.0430. The summed E-state index contributed by atoms with van der Waals surface area (Å²) in [5.41, 5.74) is 6.26. The zero-order chi connectivity index (χ0) is 15.5. The highest BCUT2D eigenvalue weighted by Gasteiger charge is 2.13. The third-order valence-corrected chi connectivity index (χ3v) is 3.98. The number of benzene rings is 1. The van der Waals surface area contributed by atoms with Crippen LogP contribution in [0.25, 0.3) is 10.7 Å². The molecular formula is C14H10ClN3O3S. The van der Waals surface area contributed by atoms with Crippen LogP contribution in [0.5, 0.6) is 0 Å². The Bertz CT molecular complexity index is 802. The smallest absolute Gasteiger partial charge is 0.338 e. The molecule has 22 heavy (non-hydrogen) atoms. The predicted molar refractivity (Wildman–Crippen MR) is 82.6 cm³/mol. The molecule has 3 rings (SSSR count). The quantitative estimate of drug-likeness (QED) is 0.580. The second-order valence-electron chi connectivity index (χ2n) is 4.30. The Balaban J connectivity index is 1.65. The van der Waals surface area contributed by atoms with Crippen LogP contribution in [-0.2, 0) is 11.3 Å². The molecule has 2 N–H and O–H groups in total. The van der Waals surface area contributed by atoms with Gasteiger partial charge in [0.25, 0.3) is 5.89 Å². The van der Waals surface area contributed by atoms with Gasteiger partial charge in [0.05, 0.1) is 21.2 Å². The van der Waals surface area contributed by atoms with Crippen LogP contribution in [0.4, 0.5) is 5.69 Å². The number of nitrogens with two attached hydrogens (primary N) is 1. The number of aromatic nitrogens is 2. The summed E-state index contributed by atoms with van der Waals surface area (Å²) < 4.78 is 10.1. The molecule has 0 aliphatic heterocycles. The Labute approximate surface area is 134 Å². The van der Waals surface area contributed by atoms with Crippen molar-refractivity contribution < 1.29 is 14.1 Å². The van der Waals surface area contributed by atoms with Crippen molar-refractivity contribution in [1.29, 1.82) is 0 Å². The van der Waals surface area contributed by atoms with Crippen LogP contribution in [0.15, 0.2) is 40.2 Å². The van der Waals surface area contributed by atoms with E-state index < -0.39 is 5.97 Å². The minimum atomic E-state index is -0.542. The summed E-state index contributed by atoms with van der Waals surface area (Å²) in [7, 11) is 0. The van der Waals surface area contributed by atoms with Crippen molar-refractivity contribution in [2.45, 2.75) is 6.61 Å². The maximum Gasteiger partial charge on any atom is 0.338 e. The van der Waals surface area contributed by atoms with Gasteiger partial charge in [-0.25, -0.2) is 4.79 Å². The first-order valence-electron chi connectivity index (χ1n) is 6.22. The first-order chi connectivity index (χ1) is 10.6. The van der Waals surface area contributed by atoms with Gasteiger partial charge in [-0.3, -0.25) is 0 Å². The fraction of sp³-hybridized carbons (Fsp3) is 0.0714. The van der Waals surface area contributed by atoms with Gasteiger partial charge >= 0.3 is 5.97 Å². The molecular weight excluding hydrogens is 326 g/mol. The van der Waals surface area contributed by atoms with Crippen LogP contribution in [0.1, 0.15) is 16.2 Å². The number of hydrogen-bond acceptors (Lipinski definition) is 7. The van der Waals surface area contributed by atoms with Crippen molar-refractivity contribution in [1.82, 2.24) is 10.1 Å². The van der Waals surface area contributed by atoms with Gasteiger partial charge in [-0.2, -0.15) is 4.98 Å². The van der Waals surface area contributed by atoms with E-state index in [2.05, 4.69) is 10.1 Å². The molecule has 0 saturated carbocycles. The summed E-state index contributed by atoms with van der Waals surface area (Å²) >= 11 is 7.29. The summed E-state index contributed by atoms with van der Waals surface area (Å²) in [4.78, 5) is 16.9. The second-order valence-corrected chi connectivity index (χ2v) is 5.66. The monoisotopic (exact) mass is 335 g/mol. The zero-order valence-corrected chi connectivity index (χ0v) is 12.7. The number of nitrogens with zero attached hydrogens (tertiary/aromatic N) is 2. The van der Waals surface area contributed by atoms with Crippen molar-refractivity contribution in [3.05, 3.63) is 52.2 Å². The van der Waals surface area contributed by atoms with Gasteiger partial charge in [0.2, 0.25) is 5.82 Å². The molecule has 0 aliphatic rings. The number of halogens is 1. The van der Waals surface area contributed by atoms with E-state index in [1.807, 2.05) is 17.5 Å². The van der Waals surface area contributed by atoms with Gasteiger partial charge in [-0.05, 0) is 29.6 Å². The predicted octanol–water partition coefficient (Wildman–Crippen LogP) is 3.39. The Hall–Kier alpha value is -2.38. The van der Waals surface area contributed by atoms with E-state index in [9.17, 15) is 4.79 Å². The van der Waals surface area contributed by atoms with Gasteiger partial charge in [-0.1, -0.05) is 22.8 Å². The second kappa shape index (κ2) is 6.17. The molecule has 0 spiro atoms. The highest BCUT2D eigenvalue weighted by molar-refractivity contribution is 7.13. The molecule has 0 bridgehead atoms. The summed E-state index contributed by atoms with van der Waals surface area (Å²) in [5, 5.41) is 6.13. The van der Waals surface area contributed by atoms with Crippen molar-refractivity contribution in [2.75, 3.05) is 5.73 Å². The average molecular weight is 336 g/mol. The van der Waals surface area contributed by atoms with Gasteiger partial charge in [0.1, 0.15) is 0 Å². The molecule has 0 unspecified atom stereocenters. The number of carbonyl (C=O) groups excluding carboxylic acids is 1. The topological polar surface area (TPSA) is 91.2 Å². The van der Waals surface area contributed by atoms with E-state index in [0.29, 0.717) is 22.1 Å². The molecule has 0 saturated heterocycles. The molecule has 0 aliphatic carbocycles. The average Bonchev–Trinajstić information content (AvgIpc) is 3.18. The molecule has 0 amide bonds. The minimum Gasteiger partial charge on any atom is -0.452 e. The van der Waals surface area contributed by atoms with Crippen molar-refractivity contribution in [2.24, 2.45) is 0 Å². The molecule has 2 aromatic heterocycles. The highest BCUT2D eigenvalue weighted by atomic mass is 35.5. The first kappa shape index (κ1) is 14.6. The summed E-state index contributed by atoms with van der Waals surface area (Å²) in [6.45, 7) is -0.111. The number of esters is 1. The van der Waals surface area contributed by atoms with Crippen LogP contribution >= 0.6 is 22.9 Å². The van der Waals surface area contributed by atoms with Crippen LogP contribution in [0.3, 0.4) is 0 Å². The molecule has 3 aromatic rings. The number of anilines is 1. The van der Waals surface area contributed by atoms with Crippen molar-refractivity contribution >= 4 is 34.6 Å². The van der Waals surface area contributed by atoms with Crippen LogP contribution < -0.4 is 5.73 Å². The van der Waals surface area contributed by atoms with E-state index in [-0.39, 0.29) is 12.5 Å². The largest absolute Gasteiger partial charge is 0.452 e. The summed E-state index contributed by atoms with van der Waals surface area (Å²) in [6, 6.07) is 8.29. The highest BCUT2D eigenvalue weighted by Crippen LogP contribution is 2.22.